The second kappa shape index (κ2) is 17.0. The second-order valence-corrected chi connectivity index (χ2v) is 12.6. The van der Waals surface area contributed by atoms with Gasteiger partial charge in [0, 0.05) is 55.1 Å². The van der Waals surface area contributed by atoms with Gasteiger partial charge in [-0.25, -0.2) is 4.79 Å². The fraction of sp³-hybridized carbons (Fsp3) is 0.268. The van der Waals surface area contributed by atoms with Gasteiger partial charge >= 0.3 is 6.03 Å². The van der Waals surface area contributed by atoms with Gasteiger partial charge in [0.2, 0.25) is 0 Å². The minimum Gasteiger partial charge on any atom is -0.457 e. The third-order valence-electron chi connectivity index (χ3n) is 8.89. The Morgan fingerprint density at radius 2 is 1.50 bits per heavy atom. The number of amides is 2. The number of pyridine rings is 1. The topological polar surface area (TPSA) is 105 Å². The molecule has 0 aliphatic carbocycles. The van der Waals surface area contributed by atoms with Crippen molar-refractivity contribution >= 4 is 11.7 Å². The molecule has 3 N–H and O–H groups in total. The van der Waals surface area contributed by atoms with Crippen LogP contribution < -0.4 is 15.4 Å². The van der Waals surface area contributed by atoms with Crippen molar-refractivity contribution in [3.05, 3.63) is 155 Å². The van der Waals surface area contributed by atoms with E-state index in [2.05, 4.69) is 40.6 Å². The van der Waals surface area contributed by atoms with Crippen molar-refractivity contribution in [1.29, 1.82) is 0 Å². The van der Waals surface area contributed by atoms with Gasteiger partial charge in [0.15, 0.2) is 6.29 Å². The Labute approximate surface area is 293 Å². The summed E-state index contributed by atoms with van der Waals surface area (Å²) in [6, 6.07) is 38.4. The highest BCUT2D eigenvalue weighted by molar-refractivity contribution is 5.89. The number of para-hydroxylation sites is 1. The molecule has 0 saturated carbocycles. The van der Waals surface area contributed by atoms with E-state index in [1.807, 2.05) is 109 Å². The molecule has 2 amide bonds. The first-order chi connectivity index (χ1) is 24.4. The highest BCUT2D eigenvalue weighted by Crippen LogP contribution is 2.41. The Morgan fingerprint density at radius 1 is 0.820 bits per heavy atom. The van der Waals surface area contributed by atoms with Gasteiger partial charge < -0.3 is 34.9 Å². The zero-order valence-corrected chi connectivity index (χ0v) is 28.4. The highest BCUT2D eigenvalue weighted by Gasteiger charge is 2.38. The number of hydrogen-bond donors (Lipinski definition) is 3. The maximum absolute atomic E-state index is 12.7. The lowest BCUT2D eigenvalue weighted by Crippen LogP contribution is -2.43. The number of likely N-dealkylation sites (N-methyl/N-ethyl adjacent to an activating group) is 1. The number of aliphatic hydroxyl groups is 1. The number of aromatic nitrogens is 1. The van der Waals surface area contributed by atoms with Crippen LogP contribution in [-0.2, 0) is 29.0 Å². The lowest BCUT2D eigenvalue weighted by molar-refractivity contribution is -0.275. The molecule has 6 rings (SSSR count). The molecule has 0 radical (unpaired) electrons. The first kappa shape index (κ1) is 34.8. The summed E-state index contributed by atoms with van der Waals surface area (Å²) in [5, 5.41) is 15.4. The molecule has 50 heavy (non-hydrogen) atoms. The average Bonchev–Trinajstić information content (AvgIpc) is 3.16. The van der Waals surface area contributed by atoms with Gasteiger partial charge in [0.25, 0.3) is 0 Å². The van der Waals surface area contributed by atoms with Crippen LogP contribution >= 0.6 is 0 Å². The fourth-order valence-electron chi connectivity index (χ4n) is 5.96. The molecule has 1 aliphatic rings. The van der Waals surface area contributed by atoms with Crippen LogP contribution in [0.25, 0.3) is 0 Å². The molecule has 1 aromatic heterocycles. The molecule has 1 fully saturated rings. The Hall–Kier alpha value is -5.06. The number of nitrogens with zero attached hydrogens (tertiary/aromatic N) is 2. The minimum atomic E-state index is -0.568. The molecular formula is C41H44N4O5. The molecule has 4 unspecified atom stereocenters. The monoisotopic (exact) mass is 672 g/mol. The van der Waals surface area contributed by atoms with E-state index in [1.54, 1.807) is 12.1 Å². The smallest absolute Gasteiger partial charge is 0.319 e. The summed E-state index contributed by atoms with van der Waals surface area (Å²) in [6.45, 7) is 4.11. The van der Waals surface area contributed by atoms with Crippen LogP contribution in [0, 0.1) is 5.92 Å². The number of aliphatic hydroxyl groups excluding tert-OH is 1. The number of benzene rings is 4. The summed E-state index contributed by atoms with van der Waals surface area (Å²) < 4.78 is 19.1. The van der Waals surface area contributed by atoms with Crippen LogP contribution in [0.5, 0.6) is 11.5 Å². The minimum absolute atomic E-state index is 0.00261. The van der Waals surface area contributed by atoms with Crippen LogP contribution in [0.1, 0.15) is 47.3 Å². The zero-order chi connectivity index (χ0) is 34.7. The molecule has 1 saturated heterocycles. The van der Waals surface area contributed by atoms with Gasteiger partial charge in [-0.05, 0) is 72.3 Å². The van der Waals surface area contributed by atoms with Gasteiger partial charge in [0.05, 0.1) is 18.8 Å². The van der Waals surface area contributed by atoms with Crippen molar-refractivity contribution in [2.75, 3.05) is 25.5 Å². The number of ether oxygens (including phenoxy) is 3. The van der Waals surface area contributed by atoms with E-state index in [-0.39, 0.29) is 30.8 Å². The maximum atomic E-state index is 12.7. The lowest BCUT2D eigenvalue weighted by atomic mass is 9.90. The molecule has 0 spiro atoms. The molecule has 4 aromatic carbocycles. The quantitative estimate of drug-likeness (QED) is 0.118. The molecule has 1 aliphatic heterocycles. The summed E-state index contributed by atoms with van der Waals surface area (Å²) in [5.74, 6) is 1.52. The predicted octanol–water partition coefficient (Wildman–Crippen LogP) is 7.65. The summed E-state index contributed by atoms with van der Waals surface area (Å²) in [7, 11) is 2.11. The third kappa shape index (κ3) is 9.55. The summed E-state index contributed by atoms with van der Waals surface area (Å²) in [6.07, 6.45) is 1.83. The summed E-state index contributed by atoms with van der Waals surface area (Å²) >= 11 is 0. The van der Waals surface area contributed by atoms with E-state index in [0.29, 0.717) is 18.0 Å². The number of carbonyl (C=O) groups is 1. The Morgan fingerprint density at radius 3 is 2.20 bits per heavy atom. The molecule has 2 heterocycles. The van der Waals surface area contributed by atoms with Crippen LogP contribution in [-0.4, -0.2) is 47.3 Å². The molecule has 4 atom stereocenters. The van der Waals surface area contributed by atoms with E-state index in [4.69, 9.17) is 14.2 Å². The predicted molar refractivity (Wildman–Crippen MR) is 194 cm³/mol. The third-order valence-corrected chi connectivity index (χ3v) is 8.89. The van der Waals surface area contributed by atoms with Gasteiger partial charge in [-0.2, -0.15) is 0 Å². The van der Waals surface area contributed by atoms with Crippen molar-refractivity contribution in [2.24, 2.45) is 5.92 Å². The maximum Gasteiger partial charge on any atom is 0.319 e. The zero-order valence-electron chi connectivity index (χ0n) is 28.4. The number of carbonyl (C=O) groups excluding carboxylic acids is 1. The summed E-state index contributed by atoms with van der Waals surface area (Å²) in [5.41, 5.74) is 5.49. The van der Waals surface area contributed by atoms with Crippen LogP contribution in [0.2, 0.25) is 0 Å². The number of nitrogens with one attached hydrogen (secondary N) is 2. The van der Waals surface area contributed by atoms with Gasteiger partial charge in [-0.3, -0.25) is 4.98 Å². The average molecular weight is 673 g/mol. The largest absolute Gasteiger partial charge is 0.457 e. The fourth-order valence-corrected chi connectivity index (χ4v) is 5.96. The van der Waals surface area contributed by atoms with Crippen molar-refractivity contribution in [3.63, 3.8) is 0 Å². The number of rotatable bonds is 13. The molecule has 9 nitrogen and oxygen atoms in total. The molecule has 9 heteroatoms. The van der Waals surface area contributed by atoms with Crippen molar-refractivity contribution < 1.29 is 24.1 Å². The van der Waals surface area contributed by atoms with Crippen molar-refractivity contribution in [1.82, 2.24) is 15.2 Å². The van der Waals surface area contributed by atoms with Gasteiger partial charge in [-0.15, -0.1) is 0 Å². The number of urea groups is 1. The SMILES string of the molecule is CC1C(CN(C)CCc2ccccn2)OC(c2ccc(CNC(=O)Nc3ccc(Oc4ccccc4)cc3)cc2)OC1c1ccc(CO)cc1. The van der Waals surface area contributed by atoms with Gasteiger partial charge in [0.1, 0.15) is 11.5 Å². The Balaban J connectivity index is 1.06. The highest BCUT2D eigenvalue weighted by atomic mass is 16.7. The van der Waals surface area contributed by atoms with Crippen molar-refractivity contribution in [3.8, 4) is 11.5 Å². The molecular weight excluding hydrogens is 628 g/mol. The molecule has 5 aromatic rings. The molecule has 258 valence electrons. The van der Waals surface area contributed by atoms with Crippen molar-refractivity contribution in [2.45, 2.75) is 45.0 Å². The van der Waals surface area contributed by atoms with Crippen LogP contribution in [0.3, 0.4) is 0 Å². The normalized spacial score (nSPS) is 18.8. The Kier molecular flexibility index (Phi) is 11.9. The number of hydrogen-bond acceptors (Lipinski definition) is 7. The van der Waals surface area contributed by atoms with E-state index in [9.17, 15) is 9.90 Å². The first-order valence-corrected chi connectivity index (χ1v) is 17.0. The van der Waals surface area contributed by atoms with Gasteiger partial charge in [-0.1, -0.05) is 79.7 Å². The standard InChI is InChI=1S/C41H44N4O5/c1-29-38(27-45(2)25-23-34-8-6-7-24-42-34)49-40(50-39(29)32-15-13-31(28-46)14-16-32)33-17-11-30(12-18-33)26-43-41(47)44-35-19-21-37(22-20-35)48-36-9-4-3-5-10-36/h3-22,24,29,38-40,46H,23,25-28H2,1-2H3,(H2,43,44,47). The Bertz CT molecular complexity index is 1770. The van der Waals surface area contributed by atoms with Crippen LogP contribution in [0.15, 0.2) is 128 Å². The number of anilines is 1. The second-order valence-electron chi connectivity index (χ2n) is 12.6. The van der Waals surface area contributed by atoms with E-state index < -0.39 is 6.29 Å². The molecule has 0 bridgehead atoms. The summed E-state index contributed by atoms with van der Waals surface area (Å²) in [4.78, 5) is 19.4. The first-order valence-electron chi connectivity index (χ1n) is 17.0. The lowest BCUT2D eigenvalue weighted by Gasteiger charge is -2.42. The van der Waals surface area contributed by atoms with Crippen LogP contribution in [0.4, 0.5) is 10.5 Å². The van der Waals surface area contributed by atoms with E-state index in [0.717, 1.165) is 53.2 Å². The van der Waals surface area contributed by atoms with E-state index in [1.165, 1.54) is 0 Å². The van der Waals surface area contributed by atoms with E-state index >= 15 is 0 Å².